The highest BCUT2D eigenvalue weighted by atomic mass is 35.5. The maximum atomic E-state index is 12.3. The standard InChI is InChI=1S/C26H22Cl2N2O2/c27-24-13-10-21(16-25(24)28)18-32-23-11-8-20(9-12-23)15-22(17-29)26(31)30-14-4-7-19-5-2-1-3-6-19/h1-3,5-6,8-13,15-16H,4,7,14,18H2,(H,30,31)/b22-15-. The van der Waals surface area contributed by atoms with Crippen LogP contribution in [0.1, 0.15) is 23.1 Å². The number of nitriles is 1. The average molecular weight is 465 g/mol. The second-order valence-corrected chi connectivity index (χ2v) is 7.94. The van der Waals surface area contributed by atoms with E-state index in [4.69, 9.17) is 27.9 Å². The summed E-state index contributed by atoms with van der Waals surface area (Å²) in [6.07, 6.45) is 3.24. The van der Waals surface area contributed by atoms with Crippen molar-refractivity contribution >= 4 is 35.2 Å². The van der Waals surface area contributed by atoms with Crippen LogP contribution in [0.2, 0.25) is 10.0 Å². The van der Waals surface area contributed by atoms with E-state index in [9.17, 15) is 10.1 Å². The number of hydrogen-bond acceptors (Lipinski definition) is 3. The Morgan fingerprint density at radius 1 is 0.969 bits per heavy atom. The van der Waals surface area contributed by atoms with Gasteiger partial charge in [-0.05, 0) is 59.9 Å². The molecule has 6 heteroatoms. The van der Waals surface area contributed by atoms with Crippen molar-refractivity contribution in [1.82, 2.24) is 5.32 Å². The molecular weight excluding hydrogens is 443 g/mol. The SMILES string of the molecule is N#C/C(=C/c1ccc(OCc2ccc(Cl)c(Cl)c2)cc1)C(=O)NCCCc1ccccc1. The molecule has 1 N–H and O–H groups in total. The molecule has 0 fully saturated rings. The number of hydrogen-bond donors (Lipinski definition) is 1. The number of aryl methyl sites for hydroxylation is 1. The quantitative estimate of drug-likeness (QED) is 0.232. The molecule has 3 aromatic rings. The van der Waals surface area contributed by atoms with Gasteiger partial charge in [0.1, 0.15) is 24.0 Å². The van der Waals surface area contributed by atoms with Crippen molar-refractivity contribution in [1.29, 1.82) is 5.26 Å². The molecule has 162 valence electrons. The zero-order valence-corrected chi connectivity index (χ0v) is 18.9. The monoisotopic (exact) mass is 464 g/mol. The van der Waals surface area contributed by atoms with Gasteiger partial charge >= 0.3 is 0 Å². The lowest BCUT2D eigenvalue weighted by molar-refractivity contribution is -0.117. The van der Waals surface area contributed by atoms with Crippen molar-refractivity contribution in [3.8, 4) is 11.8 Å². The Balaban J connectivity index is 1.50. The van der Waals surface area contributed by atoms with Crippen LogP contribution in [0.3, 0.4) is 0 Å². The summed E-state index contributed by atoms with van der Waals surface area (Å²) in [5.74, 6) is 0.289. The van der Waals surface area contributed by atoms with E-state index in [0.717, 1.165) is 24.0 Å². The molecule has 0 spiro atoms. The molecule has 0 bridgehead atoms. The number of halogens is 2. The molecule has 3 rings (SSSR count). The van der Waals surface area contributed by atoms with Crippen LogP contribution in [0.5, 0.6) is 5.75 Å². The van der Waals surface area contributed by atoms with Gasteiger partial charge in [-0.25, -0.2) is 0 Å². The van der Waals surface area contributed by atoms with E-state index in [1.165, 1.54) is 5.56 Å². The Labute approximate surface area is 198 Å². The van der Waals surface area contributed by atoms with Gasteiger partial charge in [0.25, 0.3) is 5.91 Å². The molecule has 0 unspecified atom stereocenters. The van der Waals surface area contributed by atoms with Crippen LogP contribution >= 0.6 is 23.2 Å². The van der Waals surface area contributed by atoms with E-state index in [1.807, 2.05) is 30.3 Å². The topological polar surface area (TPSA) is 62.1 Å². The van der Waals surface area contributed by atoms with Crippen LogP contribution in [0, 0.1) is 11.3 Å². The van der Waals surface area contributed by atoms with Gasteiger partial charge in [-0.15, -0.1) is 0 Å². The predicted octanol–water partition coefficient (Wildman–Crippen LogP) is 6.23. The summed E-state index contributed by atoms with van der Waals surface area (Å²) in [5.41, 5.74) is 2.93. The van der Waals surface area contributed by atoms with Gasteiger partial charge in [0.15, 0.2) is 0 Å². The van der Waals surface area contributed by atoms with Crippen LogP contribution in [0.25, 0.3) is 6.08 Å². The Hall–Kier alpha value is -3.26. The Kier molecular flexibility index (Phi) is 8.74. The number of carbonyl (C=O) groups is 1. The molecule has 0 heterocycles. The molecule has 0 aliphatic heterocycles. The second-order valence-electron chi connectivity index (χ2n) is 7.12. The molecule has 0 aromatic heterocycles. The smallest absolute Gasteiger partial charge is 0.261 e. The van der Waals surface area contributed by atoms with Crippen LogP contribution in [-0.4, -0.2) is 12.5 Å². The summed E-state index contributed by atoms with van der Waals surface area (Å²) in [4.78, 5) is 12.3. The van der Waals surface area contributed by atoms with Gasteiger partial charge in [-0.1, -0.05) is 71.7 Å². The lowest BCUT2D eigenvalue weighted by Gasteiger charge is -2.08. The molecule has 0 saturated carbocycles. The maximum Gasteiger partial charge on any atom is 0.261 e. The average Bonchev–Trinajstić information content (AvgIpc) is 2.82. The summed E-state index contributed by atoms with van der Waals surface area (Å²) in [7, 11) is 0. The van der Waals surface area contributed by atoms with Gasteiger partial charge < -0.3 is 10.1 Å². The zero-order chi connectivity index (χ0) is 22.8. The molecule has 0 radical (unpaired) electrons. The molecule has 0 aliphatic carbocycles. The van der Waals surface area contributed by atoms with Crippen molar-refractivity contribution < 1.29 is 9.53 Å². The summed E-state index contributed by atoms with van der Waals surface area (Å²) >= 11 is 11.9. The van der Waals surface area contributed by atoms with Crippen LogP contribution < -0.4 is 10.1 Å². The third-order valence-corrected chi connectivity index (χ3v) is 5.46. The predicted molar refractivity (Wildman–Crippen MR) is 129 cm³/mol. The lowest BCUT2D eigenvalue weighted by atomic mass is 10.1. The fraction of sp³-hybridized carbons (Fsp3) is 0.154. The van der Waals surface area contributed by atoms with E-state index in [0.29, 0.717) is 28.9 Å². The van der Waals surface area contributed by atoms with E-state index < -0.39 is 0 Å². The van der Waals surface area contributed by atoms with E-state index in [2.05, 4.69) is 17.4 Å². The van der Waals surface area contributed by atoms with Crippen molar-refractivity contribution in [3.05, 3.63) is 105 Å². The first kappa shape index (κ1) is 23.4. The van der Waals surface area contributed by atoms with Crippen LogP contribution in [0.15, 0.2) is 78.4 Å². The molecule has 32 heavy (non-hydrogen) atoms. The highest BCUT2D eigenvalue weighted by molar-refractivity contribution is 6.42. The molecule has 1 amide bonds. The van der Waals surface area contributed by atoms with Crippen molar-refractivity contribution in [2.45, 2.75) is 19.4 Å². The van der Waals surface area contributed by atoms with Crippen LogP contribution in [0.4, 0.5) is 0 Å². The van der Waals surface area contributed by atoms with Crippen molar-refractivity contribution in [2.24, 2.45) is 0 Å². The minimum Gasteiger partial charge on any atom is -0.489 e. The summed E-state index contributed by atoms with van der Waals surface area (Å²) in [6, 6.07) is 24.6. The van der Waals surface area contributed by atoms with Gasteiger partial charge in [-0.3, -0.25) is 4.79 Å². The van der Waals surface area contributed by atoms with Crippen LogP contribution in [-0.2, 0) is 17.8 Å². The summed E-state index contributed by atoms with van der Waals surface area (Å²) in [6.45, 7) is 0.856. The summed E-state index contributed by atoms with van der Waals surface area (Å²) < 4.78 is 5.76. The van der Waals surface area contributed by atoms with E-state index in [1.54, 1.807) is 42.5 Å². The number of benzene rings is 3. The number of nitrogens with zero attached hydrogens (tertiary/aromatic N) is 1. The fourth-order valence-corrected chi connectivity index (χ4v) is 3.33. The van der Waals surface area contributed by atoms with Gasteiger partial charge in [0, 0.05) is 6.54 Å². The highest BCUT2D eigenvalue weighted by Crippen LogP contribution is 2.23. The molecule has 3 aromatic carbocycles. The third kappa shape index (κ3) is 7.16. The lowest BCUT2D eigenvalue weighted by Crippen LogP contribution is -2.25. The van der Waals surface area contributed by atoms with Crippen molar-refractivity contribution in [2.75, 3.05) is 6.54 Å². The normalized spacial score (nSPS) is 11.0. The minimum atomic E-state index is -0.375. The van der Waals surface area contributed by atoms with E-state index >= 15 is 0 Å². The maximum absolute atomic E-state index is 12.3. The molecule has 4 nitrogen and oxygen atoms in total. The Bertz CT molecular complexity index is 1120. The molecule has 0 saturated heterocycles. The zero-order valence-electron chi connectivity index (χ0n) is 17.4. The minimum absolute atomic E-state index is 0.0641. The van der Waals surface area contributed by atoms with Gasteiger partial charge in [0.2, 0.25) is 0 Å². The number of nitrogens with one attached hydrogen (secondary N) is 1. The number of rotatable bonds is 9. The molecular formula is C26H22Cl2N2O2. The Morgan fingerprint density at radius 2 is 1.72 bits per heavy atom. The van der Waals surface area contributed by atoms with Gasteiger partial charge in [0.05, 0.1) is 10.0 Å². The Morgan fingerprint density at radius 3 is 2.41 bits per heavy atom. The first-order chi connectivity index (χ1) is 15.5. The first-order valence-electron chi connectivity index (χ1n) is 10.2. The molecule has 0 atom stereocenters. The fourth-order valence-electron chi connectivity index (χ4n) is 3.01. The molecule has 0 aliphatic rings. The number of amides is 1. The first-order valence-corrected chi connectivity index (χ1v) is 10.9. The number of carbonyl (C=O) groups excluding carboxylic acids is 1. The largest absolute Gasteiger partial charge is 0.489 e. The number of ether oxygens (including phenoxy) is 1. The van der Waals surface area contributed by atoms with Crippen molar-refractivity contribution in [3.63, 3.8) is 0 Å². The third-order valence-electron chi connectivity index (χ3n) is 4.72. The highest BCUT2D eigenvalue weighted by Gasteiger charge is 2.08. The second kappa shape index (κ2) is 12.0. The summed E-state index contributed by atoms with van der Waals surface area (Å²) in [5, 5.41) is 13.2. The van der Waals surface area contributed by atoms with E-state index in [-0.39, 0.29) is 11.5 Å². The van der Waals surface area contributed by atoms with Gasteiger partial charge in [-0.2, -0.15) is 5.26 Å².